The summed E-state index contributed by atoms with van der Waals surface area (Å²) in [6.45, 7) is 0.437. The quantitative estimate of drug-likeness (QED) is 0.787. The van der Waals surface area contributed by atoms with Crippen LogP contribution in [0.4, 0.5) is 0 Å². The number of aliphatic hydroxyl groups is 1. The number of likely N-dealkylation sites (tertiary alicyclic amines) is 1. The lowest BCUT2D eigenvalue weighted by atomic mass is 9.73. The fourth-order valence-electron chi connectivity index (χ4n) is 3.82. The number of aliphatic hydroxyl groups excluding tert-OH is 1. The summed E-state index contributed by atoms with van der Waals surface area (Å²) in [5.41, 5.74) is 0.449. The average molecular weight is 366 g/mol. The third-order valence-electron chi connectivity index (χ3n) is 5.19. The highest BCUT2D eigenvalue weighted by Crippen LogP contribution is 2.45. The van der Waals surface area contributed by atoms with Crippen LogP contribution in [-0.4, -0.2) is 41.1 Å². The SMILES string of the molecule is O=C1CC2(CCCCC2)C(=O)N1C[C@@H](O)COCc1ccc(Cl)cc1. The number of halogens is 1. The van der Waals surface area contributed by atoms with Gasteiger partial charge in [0, 0.05) is 11.4 Å². The van der Waals surface area contributed by atoms with Gasteiger partial charge in [-0.15, -0.1) is 0 Å². The fourth-order valence-corrected chi connectivity index (χ4v) is 3.95. The molecule has 1 aliphatic carbocycles. The van der Waals surface area contributed by atoms with E-state index in [2.05, 4.69) is 0 Å². The van der Waals surface area contributed by atoms with Crippen molar-refractivity contribution in [2.75, 3.05) is 13.2 Å². The summed E-state index contributed by atoms with van der Waals surface area (Å²) in [5, 5.41) is 10.8. The van der Waals surface area contributed by atoms with Gasteiger partial charge in [0.05, 0.1) is 31.3 Å². The predicted octanol–water partition coefficient (Wildman–Crippen LogP) is 2.93. The van der Waals surface area contributed by atoms with Crippen molar-refractivity contribution >= 4 is 23.4 Å². The van der Waals surface area contributed by atoms with Crippen molar-refractivity contribution in [3.63, 3.8) is 0 Å². The first kappa shape index (κ1) is 18.4. The van der Waals surface area contributed by atoms with E-state index in [0.29, 0.717) is 18.1 Å². The van der Waals surface area contributed by atoms with E-state index in [0.717, 1.165) is 37.7 Å². The van der Waals surface area contributed by atoms with Crippen molar-refractivity contribution in [2.45, 2.75) is 51.2 Å². The minimum Gasteiger partial charge on any atom is -0.389 e. The molecule has 1 aromatic carbocycles. The van der Waals surface area contributed by atoms with Gasteiger partial charge in [-0.25, -0.2) is 0 Å². The molecule has 1 atom stereocenters. The molecule has 2 fully saturated rings. The van der Waals surface area contributed by atoms with Crippen molar-refractivity contribution < 1.29 is 19.4 Å². The van der Waals surface area contributed by atoms with Crippen molar-refractivity contribution in [3.8, 4) is 0 Å². The molecule has 6 heteroatoms. The molecule has 3 rings (SSSR count). The van der Waals surface area contributed by atoms with Crippen LogP contribution >= 0.6 is 11.6 Å². The van der Waals surface area contributed by atoms with E-state index in [-0.39, 0.29) is 25.0 Å². The number of nitrogens with zero attached hydrogens (tertiary/aromatic N) is 1. The van der Waals surface area contributed by atoms with Gasteiger partial charge < -0.3 is 9.84 Å². The minimum absolute atomic E-state index is 0.0139. The Hall–Kier alpha value is -1.43. The molecule has 1 N–H and O–H groups in total. The molecule has 0 bridgehead atoms. The van der Waals surface area contributed by atoms with Crippen LogP contribution in [-0.2, 0) is 20.9 Å². The van der Waals surface area contributed by atoms with Gasteiger partial charge >= 0.3 is 0 Å². The third-order valence-corrected chi connectivity index (χ3v) is 5.44. The highest BCUT2D eigenvalue weighted by atomic mass is 35.5. The van der Waals surface area contributed by atoms with Gasteiger partial charge in [0.25, 0.3) is 0 Å². The average Bonchev–Trinajstić information content (AvgIpc) is 2.81. The molecule has 1 saturated carbocycles. The number of ether oxygens (including phenoxy) is 1. The van der Waals surface area contributed by atoms with Crippen LogP contribution in [0.5, 0.6) is 0 Å². The van der Waals surface area contributed by atoms with Crippen LogP contribution in [0.25, 0.3) is 0 Å². The Labute approximate surface area is 152 Å². The first-order valence-corrected chi connectivity index (χ1v) is 9.23. The molecule has 25 heavy (non-hydrogen) atoms. The molecule has 0 aromatic heterocycles. The Balaban J connectivity index is 1.48. The standard InChI is InChI=1S/C19H24ClNO4/c20-15-6-4-14(5-7-15)12-25-13-16(22)11-21-17(23)10-19(18(21)24)8-2-1-3-9-19/h4-7,16,22H,1-3,8-13H2/t16-/m1/s1. The summed E-state index contributed by atoms with van der Waals surface area (Å²) in [4.78, 5) is 26.2. The van der Waals surface area contributed by atoms with Crippen LogP contribution in [0.3, 0.4) is 0 Å². The molecule has 1 spiro atoms. The second kappa shape index (κ2) is 7.85. The zero-order valence-corrected chi connectivity index (χ0v) is 15.0. The van der Waals surface area contributed by atoms with Gasteiger partial charge in [0.15, 0.2) is 0 Å². The van der Waals surface area contributed by atoms with Gasteiger partial charge in [-0.3, -0.25) is 14.5 Å². The van der Waals surface area contributed by atoms with Crippen molar-refractivity contribution in [1.82, 2.24) is 4.90 Å². The van der Waals surface area contributed by atoms with Crippen molar-refractivity contribution in [2.24, 2.45) is 5.41 Å². The van der Waals surface area contributed by atoms with Crippen LogP contribution in [0.15, 0.2) is 24.3 Å². The summed E-state index contributed by atoms with van der Waals surface area (Å²) in [6, 6.07) is 7.27. The largest absolute Gasteiger partial charge is 0.389 e. The normalized spacial score (nSPS) is 21.1. The van der Waals surface area contributed by atoms with E-state index in [4.69, 9.17) is 16.3 Å². The lowest BCUT2D eigenvalue weighted by molar-refractivity contribution is -0.144. The van der Waals surface area contributed by atoms with Crippen LogP contribution in [0, 0.1) is 5.41 Å². The monoisotopic (exact) mass is 365 g/mol. The van der Waals surface area contributed by atoms with Gasteiger partial charge in [0.2, 0.25) is 11.8 Å². The molecule has 5 nitrogen and oxygen atoms in total. The summed E-state index contributed by atoms with van der Waals surface area (Å²) >= 11 is 5.83. The molecule has 2 aliphatic rings. The van der Waals surface area contributed by atoms with E-state index in [9.17, 15) is 14.7 Å². The highest BCUT2D eigenvalue weighted by molar-refractivity contribution is 6.30. The Bertz CT molecular complexity index is 625. The van der Waals surface area contributed by atoms with Gasteiger partial charge in [-0.2, -0.15) is 0 Å². The molecule has 0 radical (unpaired) electrons. The van der Waals surface area contributed by atoms with Gasteiger partial charge in [-0.05, 0) is 30.5 Å². The van der Waals surface area contributed by atoms with Crippen molar-refractivity contribution in [1.29, 1.82) is 0 Å². The van der Waals surface area contributed by atoms with Crippen molar-refractivity contribution in [3.05, 3.63) is 34.9 Å². The Morgan fingerprint density at radius 2 is 1.84 bits per heavy atom. The number of rotatable bonds is 6. The topological polar surface area (TPSA) is 66.8 Å². The van der Waals surface area contributed by atoms with Crippen LogP contribution in [0.2, 0.25) is 5.02 Å². The number of benzene rings is 1. The predicted molar refractivity (Wildman–Crippen MR) is 94.0 cm³/mol. The van der Waals surface area contributed by atoms with E-state index >= 15 is 0 Å². The minimum atomic E-state index is -0.876. The summed E-state index contributed by atoms with van der Waals surface area (Å²) in [6.07, 6.45) is 4.13. The number of carbonyl (C=O) groups excluding carboxylic acids is 2. The maximum absolute atomic E-state index is 12.7. The van der Waals surface area contributed by atoms with Gasteiger partial charge in [0.1, 0.15) is 0 Å². The Kier molecular flexibility index (Phi) is 5.77. The first-order valence-electron chi connectivity index (χ1n) is 8.85. The second-order valence-corrected chi connectivity index (χ2v) is 7.56. The maximum Gasteiger partial charge on any atom is 0.235 e. The van der Waals surface area contributed by atoms with E-state index in [1.807, 2.05) is 12.1 Å². The Morgan fingerprint density at radius 3 is 2.52 bits per heavy atom. The maximum atomic E-state index is 12.7. The fraction of sp³-hybridized carbons (Fsp3) is 0.579. The van der Waals surface area contributed by atoms with E-state index in [1.54, 1.807) is 12.1 Å². The third kappa shape index (κ3) is 4.22. The lowest BCUT2D eigenvalue weighted by Gasteiger charge is -2.30. The van der Waals surface area contributed by atoms with Gasteiger partial charge in [-0.1, -0.05) is 43.0 Å². The smallest absolute Gasteiger partial charge is 0.235 e. The van der Waals surface area contributed by atoms with Crippen LogP contribution < -0.4 is 0 Å². The van der Waals surface area contributed by atoms with E-state index < -0.39 is 11.5 Å². The number of hydrogen-bond donors (Lipinski definition) is 1. The molecular weight excluding hydrogens is 342 g/mol. The molecule has 1 heterocycles. The zero-order valence-electron chi connectivity index (χ0n) is 14.2. The molecule has 1 saturated heterocycles. The molecule has 2 amide bonds. The molecule has 1 aliphatic heterocycles. The number of hydrogen-bond acceptors (Lipinski definition) is 4. The molecule has 1 aromatic rings. The Morgan fingerprint density at radius 1 is 1.16 bits per heavy atom. The van der Waals surface area contributed by atoms with Crippen LogP contribution in [0.1, 0.15) is 44.1 Å². The van der Waals surface area contributed by atoms with E-state index in [1.165, 1.54) is 4.90 Å². The molecular formula is C19H24ClNO4. The summed E-state index contributed by atoms with van der Waals surface area (Å²) in [7, 11) is 0. The summed E-state index contributed by atoms with van der Waals surface area (Å²) < 4.78 is 5.50. The number of amides is 2. The first-order chi connectivity index (χ1) is 12.0. The number of β-amino-alcohol motifs (C(OH)–C–C–N with tert-alkyl or cyclic N) is 1. The lowest BCUT2D eigenvalue weighted by Crippen LogP contribution is -2.42. The molecule has 136 valence electrons. The highest BCUT2D eigenvalue weighted by Gasteiger charge is 2.51. The number of carbonyl (C=O) groups is 2. The number of imide groups is 1. The zero-order chi connectivity index (χ0) is 17.9. The second-order valence-electron chi connectivity index (χ2n) is 7.12. The molecule has 0 unspecified atom stereocenters. The summed E-state index contributed by atoms with van der Waals surface area (Å²) in [5.74, 6) is -0.266.